The van der Waals surface area contributed by atoms with Gasteiger partial charge < -0.3 is 14.6 Å². The second-order valence-electron chi connectivity index (χ2n) is 4.74. The molecular formula is C15H15BrN2O4. The Morgan fingerprint density at radius 2 is 1.91 bits per heavy atom. The lowest BCUT2D eigenvalue weighted by Gasteiger charge is -2.13. The summed E-state index contributed by atoms with van der Waals surface area (Å²) in [4.78, 5) is 24.1. The molecule has 116 valence electrons. The molecule has 0 aliphatic rings. The largest absolute Gasteiger partial charge is 0.449 e. The molecule has 0 saturated heterocycles. The highest BCUT2D eigenvalue weighted by Crippen LogP contribution is 2.16. The summed E-state index contributed by atoms with van der Waals surface area (Å²) >= 11 is 3.31. The molecule has 0 aliphatic carbocycles. The fraction of sp³-hybridized carbons (Fsp3) is 0.267. The molecule has 2 aromatic rings. The van der Waals surface area contributed by atoms with Crippen LogP contribution in [0.15, 0.2) is 33.3 Å². The second-order valence-corrected chi connectivity index (χ2v) is 5.66. The smallest absolute Gasteiger partial charge is 0.344 e. The van der Waals surface area contributed by atoms with E-state index in [9.17, 15) is 9.59 Å². The molecule has 0 aliphatic heterocycles. The van der Waals surface area contributed by atoms with E-state index in [2.05, 4.69) is 26.4 Å². The monoisotopic (exact) mass is 366 g/mol. The number of ether oxygens (including phenoxy) is 1. The first-order valence-corrected chi connectivity index (χ1v) is 7.38. The van der Waals surface area contributed by atoms with Crippen molar-refractivity contribution < 1.29 is 18.8 Å². The van der Waals surface area contributed by atoms with Gasteiger partial charge in [-0.3, -0.25) is 4.79 Å². The zero-order chi connectivity index (χ0) is 16.3. The molecule has 0 spiro atoms. The predicted molar refractivity (Wildman–Crippen MR) is 83.6 cm³/mol. The summed E-state index contributed by atoms with van der Waals surface area (Å²) in [5.74, 6) is -0.680. The maximum Gasteiger partial charge on any atom is 0.344 e. The molecule has 0 fully saturated rings. The summed E-state index contributed by atoms with van der Waals surface area (Å²) in [6, 6.07) is 7.09. The van der Waals surface area contributed by atoms with Gasteiger partial charge in [0.15, 0.2) is 6.10 Å². The average Bonchev–Trinajstić information content (AvgIpc) is 2.80. The highest BCUT2D eigenvalue weighted by atomic mass is 79.9. The molecule has 6 nitrogen and oxygen atoms in total. The van der Waals surface area contributed by atoms with Crippen molar-refractivity contribution in [3.63, 3.8) is 0 Å². The summed E-state index contributed by atoms with van der Waals surface area (Å²) in [5.41, 5.74) is 1.31. The van der Waals surface area contributed by atoms with Crippen LogP contribution in [0.5, 0.6) is 0 Å². The Kier molecular flexibility index (Phi) is 4.97. The summed E-state index contributed by atoms with van der Waals surface area (Å²) in [7, 11) is 0. The highest BCUT2D eigenvalue weighted by Gasteiger charge is 2.24. The number of hydrogen-bond donors (Lipinski definition) is 1. The Morgan fingerprint density at radius 3 is 2.45 bits per heavy atom. The van der Waals surface area contributed by atoms with Crippen molar-refractivity contribution in [1.29, 1.82) is 0 Å². The van der Waals surface area contributed by atoms with Crippen LogP contribution in [-0.4, -0.2) is 23.1 Å². The van der Waals surface area contributed by atoms with Gasteiger partial charge in [0.1, 0.15) is 11.3 Å². The minimum atomic E-state index is -0.940. The molecule has 1 heterocycles. The third-order valence-corrected chi connectivity index (χ3v) is 3.53. The molecule has 1 atom stereocenters. The van der Waals surface area contributed by atoms with Gasteiger partial charge in [-0.1, -0.05) is 21.1 Å². The van der Waals surface area contributed by atoms with Crippen molar-refractivity contribution in [2.75, 3.05) is 5.32 Å². The van der Waals surface area contributed by atoms with Crippen LogP contribution >= 0.6 is 15.9 Å². The van der Waals surface area contributed by atoms with Gasteiger partial charge in [-0.15, -0.1) is 0 Å². The number of anilines is 1. The molecule has 7 heteroatoms. The second kappa shape index (κ2) is 6.74. The molecule has 0 bridgehead atoms. The first-order chi connectivity index (χ1) is 10.4. The fourth-order valence-electron chi connectivity index (χ4n) is 1.82. The van der Waals surface area contributed by atoms with Crippen LogP contribution in [0.3, 0.4) is 0 Å². The van der Waals surface area contributed by atoms with Crippen molar-refractivity contribution in [3.8, 4) is 0 Å². The van der Waals surface area contributed by atoms with E-state index in [1.165, 1.54) is 6.92 Å². The van der Waals surface area contributed by atoms with E-state index in [1.54, 1.807) is 38.1 Å². The van der Waals surface area contributed by atoms with Gasteiger partial charge in [-0.05, 0) is 45.0 Å². The molecule has 1 amide bonds. The number of halogens is 1. The van der Waals surface area contributed by atoms with Gasteiger partial charge in [-0.2, -0.15) is 0 Å². The molecule has 0 saturated carbocycles. The topological polar surface area (TPSA) is 81.4 Å². The van der Waals surface area contributed by atoms with Crippen LogP contribution in [0.2, 0.25) is 0 Å². The van der Waals surface area contributed by atoms with Gasteiger partial charge in [0.2, 0.25) is 0 Å². The molecule has 1 aromatic carbocycles. The first-order valence-electron chi connectivity index (χ1n) is 6.58. The van der Waals surface area contributed by atoms with Gasteiger partial charge in [-0.25, -0.2) is 4.79 Å². The molecule has 0 radical (unpaired) electrons. The number of nitrogens with one attached hydrogen (secondary N) is 1. The van der Waals surface area contributed by atoms with Crippen molar-refractivity contribution in [3.05, 3.63) is 45.8 Å². The van der Waals surface area contributed by atoms with E-state index in [0.717, 1.165) is 4.47 Å². The van der Waals surface area contributed by atoms with Crippen LogP contribution in [0.4, 0.5) is 5.69 Å². The maximum atomic E-state index is 12.1. The molecular weight excluding hydrogens is 352 g/mol. The van der Waals surface area contributed by atoms with Gasteiger partial charge in [0.25, 0.3) is 5.91 Å². The molecule has 1 aromatic heterocycles. The standard InChI is InChI=1S/C15H15BrN2O4/c1-8-13(9(2)22-18-8)15(20)21-10(3)14(19)17-12-6-4-11(16)5-7-12/h4-7,10H,1-3H3,(H,17,19). The van der Waals surface area contributed by atoms with E-state index < -0.39 is 18.0 Å². The number of benzene rings is 1. The number of aryl methyl sites for hydroxylation is 2. The van der Waals surface area contributed by atoms with Crippen molar-refractivity contribution in [2.45, 2.75) is 26.9 Å². The minimum absolute atomic E-state index is 0.253. The molecule has 2 rings (SSSR count). The van der Waals surface area contributed by atoms with E-state index in [0.29, 0.717) is 17.1 Å². The third-order valence-electron chi connectivity index (χ3n) is 3.00. The van der Waals surface area contributed by atoms with Crippen LogP contribution < -0.4 is 5.32 Å². The minimum Gasteiger partial charge on any atom is -0.449 e. The van der Waals surface area contributed by atoms with Crippen LogP contribution in [-0.2, 0) is 9.53 Å². The highest BCUT2D eigenvalue weighted by molar-refractivity contribution is 9.10. The van der Waals surface area contributed by atoms with Gasteiger partial charge in [0, 0.05) is 10.2 Å². The van der Waals surface area contributed by atoms with Crippen LogP contribution in [0.1, 0.15) is 28.7 Å². The quantitative estimate of drug-likeness (QED) is 0.839. The third kappa shape index (κ3) is 3.73. The maximum absolute atomic E-state index is 12.1. The summed E-state index contributed by atoms with van der Waals surface area (Å²) < 4.78 is 11.0. The summed E-state index contributed by atoms with van der Waals surface area (Å²) in [5, 5.41) is 6.36. The number of carbonyl (C=O) groups excluding carboxylic acids is 2. The Labute approximate surface area is 135 Å². The summed E-state index contributed by atoms with van der Waals surface area (Å²) in [6.45, 7) is 4.76. The number of aromatic nitrogens is 1. The molecule has 22 heavy (non-hydrogen) atoms. The first kappa shape index (κ1) is 16.2. The van der Waals surface area contributed by atoms with Crippen LogP contribution in [0, 0.1) is 13.8 Å². The average molecular weight is 367 g/mol. The number of nitrogens with zero attached hydrogens (tertiary/aromatic N) is 1. The SMILES string of the molecule is Cc1noc(C)c1C(=O)OC(C)C(=O)Nc1ccc(Br)cc1. The Hall–Kier alpha value is -2.15. The van der Waals surface area contributed by atoms with Crippen molar-refractivity contribution in [2.24, 2.45) is 0 Å². The number of carbonyl (C=O) groups is 2. The van der Waals surface area contributed by atoms with Gasteiger partial charge in [0.05, 0.1) is 5.69 Å². The van der Waals surface area contributed by atoms with E-state index >= 15 is 0 Å². The fourth-order valence-corrected chi connectivity index (χ4v) is 2.09. The molecule has 1 unspecified atom stereocenters. The number of esters is 1. The number of rotatable bonds is 4. The van der Waals surface area contributed by atoms with Crippen molar-refractivity contribution in [1.82, 2.24) is 5.16 Å². The Bertz CT molecular complexity index is 675. The zero-order valence-electron chi connectivity index (χ0n) is 12.3. The lowest BCUT2D eigenvalue weighted by molar-refractivity contribution is -0.123. The Balaban J connectivity index is 1.99. The van der Waals surface area contributed by atoms with Gasteiger partial charge >= 0.3 is 5.97 Å². The van der Waals surface area contributed by atoms with Crippen LogP contribution in [0.25, 0.3) is 0 Å². The Morgan fingerprint density at radius 1 is 1.27 bits per heavy atom. The normalized spacial score (nSPS) is 11.8. The van der Waals surface area contributed by atoms with Crippen molar-refractivity contribution >= 4 is 33.5 Å². The summed E-state index contributed by atoms with van der Waals surface area (Å²) in [6.07, 6.45) is -0.940. The zero-order valence-corrected chi connectivity index (χ0v) is 13.9. The number of amides is 1. The lowest BCUT2D eigenvalue weighted by Crippen LogP contribution is -2.30. The lowest BCUT2D eigenvalue weighted by atomic mass is 10.2. The van der Waals surface area contributed by atoms with E-state index in [4.69, 9.17) is 9.26 Å². The molecule has 1 N–H and O–H groups in total. The van der Waals surface area contributed by atoms with E-state index in [1.807, 2.05) is 0 Å². The van der Waals surface area contributed by atoms with E-state index in [-0.39, 0.29) is 5.56 Å². The predicted octanol–water partition coefficient (Wildman–Crippen LogP) is 3.24. The number of hydrogen-bond acceptors (Lipinski definition) is 5.